The summed E-state index contributed by atoms with van der Waals surface area (Å²) in [5, 5.41) is 3.20. The van der Waals surface area contributed by atoms with Gasteiger partial charge in [0.15, 0.2) is 5.69 Å². The normalized spacial score (nSPS) is 19.8. The molecule has 5 nitrogen and oxygen atoms in total. The highest BCUT2D eigenvalue weighted by atomic mass is 16.5. The fraction of sp³-hybridized carbons (Fsp3) is 0.692. The number of rotatable bonds is 4. The maximum atomic E-state index is 5.55. The van der Waals surface area contributed by atoms with Gasteiger partial charge in [-0.05, 0) is 26.8 Å². The Labute approximate surface area is 108 Å². The molecule has 100 valence electrons. The fourth-order valence-electron chi connectivity index (χ4n) is 1.99. The maximum absolute atomic E-state index is 5.55. The molecule has 1 aliphatic rings. The molecule has 18 heavy (non-hydrogen) atoms. The number of hydrogen-bond donors (Lipinski definition) is 1. The summed E-state index contributed by atoms with van der Waals surface area (Å²) in [5.41, 5.74) is 0.506. The Balaban J connectivity index is 2.21. The van der Waals surface area contributed by atoms with Gasteiger partial charge in [-0.1, -0.05) is 13.8 Å². The van der Waals surface area contributed by atoms with Crippen molar-refractivity contribution >= 4 is 5.90 Å². The molecule has 0 saturated carbocycles. The number of nitrogens with zero attached hydrogens (tertiary/aromatic N) is 2. The quantitative estimate of drug-likeness (QED) is 0.890. The minimum Gasteiger partial charge on any atom is -0.474 e. The van der Waals surface area contributed by atoms with Crippen molar-refractivity contribution in [3.8, 4) is 0 Å². The van der Waals surface area contributed by atoms with Gasteiger partial charge in [0, 0.05) is 0 Å². The van der Waals surface area contributed by atoms with Gasteiger partial charge >= 0.3 is 0 Å². The Hall–Kier alpha value is -1.36. The van der Waals surface area contributed by atoms with E-state index in [1.54, 1.807) is 6.26 Å². The number of nitrogens with one attached hydrogen (secondary N) is 1. The van der Waals surface area contributed by atoms with Crippen molar-refractivity contribution in [2.45, 2.75) is 39.3 Å². The first kappa shape index (κ1) is 13.1. The monoisotopic (exact) mass is 251 g/mol. The molecule has 0 saturated heterocycles. The SMILES string of the molecule is CN[C@H](c1nc(C2=NC(C)(C)CO2)co1)C(C)C. The minimum atomic E-state index is -0.172. The van der Waals surface area contributed by atoms with Crippen molar-refractivity contribution in [2.75, 3.05) is 13.7 Å². The van der Waals surface area contributed by atoms with Crippen LogP contribution in [-0.4, -0.2) is 30.1 Å². The second-order valence-electron chi connectivity index (χ2n) is 5.60. The van der Waals surface area contributed by atoms with Crippen LogP contribution in [0.25, 0.3) is 0 Å². The van der Waals surface area contributed by atoms with Gasteiger partial charge in [-0.25, -0.2) is 9.98 Å². The summed E-state index contributed by atoms with van der Waals surface area (Å²) in [4.78, 5) is 8.95. The number of hydrogen-bond acceptors (Lipinski definition) is 5. The van der Waals surface area contributed by atoms with E-state index in [-0.39, 0.29) is 11.6 Å². The van der Waals surface area contributed by atoms with Crippen LogP contribution in [0.2, 0.25) is 0 Å². The second kappa shape index (κ2) is 4.72. The topological polar surface area (TPSA) is 59.7 Å². The first-order chi connectivity index (χ1) is 8.43. The lowest BCUT2D eigenvalue weighted by Gasteiger charge is -2.15. The number of aromatic nitrogens is 1. The van der Waals surface area contributed by atoms with Gasteiger partial charge in [0.25, 0.3) is 0 Å². The predicted octanol–water partition coefficient (Wildman–Crippen LogP) is 2.15. The minimum absolute atomic E-state index is 0.105. The number of aliphatic imine (C=N–C) groups is 1. The van der Waals surface area contributed by atoms with E-state index in [0.29, 0.717) is 30.0 Å². The van der Waals surface area contributed by atoms with Crippen LogP contribution < -0.4 is 5.32 Å². The highest BCUT2D eigenvalue weighted by Gasteiger charge is 2.29. The fourth-order valence-corrected chi connectivity index (χ4v) is 1.99. The van der Waals surface area contributed by atoms with E-state index < -0.39 is 0 Å². The Morgan fingerprint density at radius 3 is 2.61 bits per heavy atom. The molecule has 0 amide bonds. The first-order valence-corrected chi connectivity index (χ1v) is 6.28. The van der Waals surface area contributed by atoms with Gasteiger partial charge in [0.2, 0.25) is 11.8 Å². The summed E-state index contributed by atoms with van der Waals surface area (Å²) in [6.45, 7) is 8.90. The van der Waals surface area contributed by atoms with E-state index in [1.807, 2.05) is 20.9 Å². The third-order valence-corrected chi connectivity index (χ3v) is 2.95. The van der Waals surface area contributed by atoms with Crippen LogP contribution in [0, 0.1) is 5.92 Å². The zero-order valence-electron chi connectivity index (χ0n) is 11.7. The molecule has 5 heteroatoms. The van der Waals surface area contributed by atoms with Crippen LogP contribution in [0.4, 0.5) is 0 Å². The highest BCUT2D eigenvalue weighted by Crippen LogP contribution is 2.24. The molecule has 2 heterocycles. The Kier molecular flexibility index (Phi) is 3.43. The summed E-state index contributed by atoms with van der Waals surface area (Å²) in [6, 6.07) is 0.105. The molecular formula is C13H21N3O2. The van der Waals surface area contributed by atoms with Crippen molar-refractivity contribution in [3.05, 3.63) is 17.8 Å². The van der Waals surface area contributed by atoms with Gasteiger partial charge in [-0.3, -0.25) is 0 Å². The van der Waals surface area contributed by atoms with E-state index in [4.69, 9.17) is 9.15 Å². The molecule has 2 rings (SSSR count). The van der Waals surface area contributed by atoms with Crippen LogP contribution in [0.5, 0.6) is 0 Å². The summed E-state index contributed by atoms with van der Waals surface area (Å²) in [6.07, 6.45) is 1.61. The molecule has 1 N–H and O–H groups in total. The van der Waals surface area contributed by atoms with Crippen molar-refractivity contribution in [1.29, 1.82) is 0 Å². The van der Waals surface area contributed by atoms with Crippen LogP contribution in [0.15, 0.2) is 15.7 Å². The molecule has 0 aromatic carbocycles. The molecule has 0 unspecified atom stereocenters. The van der Waals surface area contributed by atoms with E-state index in [0.717, 1.165) is 0 Å². The molecule has 0 bridgehead atoms. The van der Waals surface area contributed by atoms with Crippen molar-refractivity contribution in [3.63, 3.8) is 0 Å². The van der Waals surface area contributed by atoms with Gasteiger partial charge < -0.3 is 14.5 Å². The molecule has 1 aliphatic heterocycles. The molecule has 1 aromatic rings. The molecule has 1 atom stereocenters. The zero-order valence-corrected chi connectivity index (χ0v) is 11.7. The third-order valence-electron chi connectivity index (χ3n) is 2.95. The first-order valence-electron chi connectivity index (χ1n) is 6.28. The third kappa shape index (κ3) is 2.56. The van der Waals surface area contributed by atoms with E-state index in [1.165, 1.54) is 0 Å². The second-order valence-corrected chi connectivity index (χ2v) is 5.60. The summed E-state index contributed by atoms with van der Waals surface area (Å²) < 4.78 is 11.1. The van der Waals surface area contributed by atoms with Crippen LogP contribution in [-0.2, 0) is 4.74 Å². The standard InChI is InChI=1S/C13H21N3O2/c1-8(2)10(14-5)12-15-9(6-17-12)11-16-13(3,4)7-18-11/h6,8,10,14H,7H2,1-5H3/t10-/m0/s1. The summed E-state index contributed by atoms with van der Waals surface area (Å²) in [5.74, 6) is 1.66. The predicted molar refractivity (Wildman–Crippen MR) is 69.7 cm³/mol. The molecular weight excluding hydrogens is 230 g/mol. The van der Waals surface area contributed by atoms with Crippen molar-refractivity contribution in [2.24, 2.45) is 10.9 Å². The molecule has 0 fully saturated rings. The molecule has 0 radical (unpaired) electrons. The Bertz CT molecular complexity index is 449. The smallest absolute Gasteiger partial charge is 0.239 e. The largest absolute Gasteiger partial charge is 0.474 e. The van der Waals surface area contributed by atoms with Crippen molar-refractivity contribution < 1.29 is 9.15 Å². The molecule has 1 aromatic heterocycles. The average molecular weight is 251 g/mol. The zero-order chi connectivity index (χ0) is 13.3. The van der Waals surface area contributed by atoms with Gasteiger partial charge in [-0.2, -0.15) is 0 Å². The number of ether oxygens (including phenoxy) is 1. The Morgan fingerprint density at radius 2 is 2.11 bits per heavy atom. The van der Waals surface area contributed by atoms with Crippen LogP contribution in [0.3, 0.4) is 0 Å². The maximum Gasteiger partial charge on any atom is 0.239 e. The van der Waals surface area contributed by atoms with E-state index in [2.05, 4.69) is 29.1 Å². The highest BCUT2D eigenvalue weighted by molar-refractivity contribution is 5.93. The lowest BCUT2D eigenvalue weighted by molar-refractivity contribution is 0.279. The van der Waals surface area contributed by atoms with E-state index >= 15 is 0 Å². The Morgan fingerprint density at radius 1 is 1.39 bits per heavy atom. The molecule has 0 aliphatic carbocycles. The molecule has 0 spiro atoms. The van der Waals surface area contributed by atoms with Crippen molar-refractivity contribution in [1.82, 2.24) is 10.3 Å². The van der Waals surface area contributed by atoms with Gasteiger partial charge in [-0.15, -0.1) is 0 Å². The van der Waals surface area contributed by atoms with E-state index in [9.17, 15) is 0 Å². The average Bonchev–Trinajstić information content (AvgIpc) is 2.85. The number of oxazole rings is 1. The lowest BCUT2D eigenvalue weighted by Crippen LogP contribution is -2.22. The van der Waals surface area contributed by atoms with Crippen LogP contribution in [0.1, 0.15) is 45.3 Å². The van der Waals surface area contributed by atoms with Gasteiger partial charge in [0.05, 0.1) is 11.6 Å². The summed E-state index contributed by atoms with van der Waals surface area (Å²) in [7, 11) is 1.90. The lowest BCUT2D eigenvalue weighted by atomic mass is 10.1. The van der Waals surface area contributed by atoms with Gasteiger partial charge in [0.1, 0.15) is 12.9 Å². The summed E-state index contributed by atoms with van der Waals surface area (Å²) >= 11 is 0. The van der Waals surface area contributed by atoms with Crippen LogP contribution >= 0.6 is 0 Å².